The summed E-state index contributed by atoms with van der Waals surface area (Å²) in [6.45, 7) is 10.4. The first-order valence-corrected chi connectivity index (χ1v) is 9.39. The van der Waals surface area contributed by atoms with Crippen LogP contribution in [0.25, 0.3) is 0 Å². The Morgan fingerprint density at radius 2 is 2.10 bits per heavy atom. The summed E-state index contributed by atoms with van der Waals surface area (Å²) in [4.78, 5) is 8.24. The van der Waals surface area contributed by atoms with E-state index in [1.807, 2.05) is 0 Å². The maximum Gasteiger partial charge on any atom is 0.185 e. The van der Waals surface area contributed by atoms with Crippen LogP contribution in [0.4, 0.5) is 5.13 Å². The van der Waals surface area contributed by atoms with Crippen molar-refractivity contribution in [1.82, 2.24) is 10.3 Å². The molecule has 116 valence electrons. The van der Waals surface area contributed by atoms with E-state index in [1.54, 1.807) is 22.7 Å². The van der Waals surface area contributed by atoms with Gasteiger partial charge in [-0.3, -0.25) is 0 Å². The second kappa shape index (κ2) is 6.77. The lowest BCUT2D eigenvalue weighted by atomic mass is 10.1. The van der Waals surface area contributed by atoms with Crippen molar-refractivity contribution in [2.45, 2.75) is 46.3 Å². The second-order valence-corrected chi connectivity index (χ2v) is 9.58. The van der Waals surface area contributed by atoms with E-state index >= 15 is 0 Å². The summed E-state index contributed by atoms with van der Waals surface area (Å²) in [5.41, 5.74) is 2.58. The fraction of sp³-hybridized carbons (Fsp3) is 0.533. The van der Waals surface area contributed by atoms with E-state index in [0.717, 1.165) is 23.9 Å². The van der Waals surface area contributed by atoms with Crippen LogP contribution in [-0.4, -0.2) is 17.6 Å². The summed E-state index contributed by atoms with van der Waals surface area (Å²) in [5, 5.41) is 6.80. The molecular formula is C15H22BrN3S2. The van der Waals surface area contributed by atoms with E-state index < -0.39 is 0 Å². The van der Waals surface area contributed by atoms with Gasteiger partial charge in [-0.25, -0.2) is 4.98 Å². The SMILES string of the molecule is Cc1nc(N(C)Cc2csc(Br)c2)sc1CNC(C)(C)C. The third-order valence-electron chi connectivity index (χ3n) is 3.03. The molecule has 0 amide bonds. The third kappa shape index (κ3) is 5.06. The summed E-state index contributed by atoms with van der Waals surface area (Å²) < 4.78 is 1.18. The molecule has 0 aliphatic heterocycles. The maximum absolute atomic E-state index is 4.71. The summed E-state index contributed by atoms with van der Waals surface area (Å²) in [7, 11) is 2.10. The molecule has 0 aromatic carbocycles. The zero-order valence-electron chi connectivity index (χ0n) is 13.2. The lowest BCUT2D eigenvalue weighted by Gasteiger charge is -2.20. The van der Waals surface area contributed by atoms with Crippen LogP contribution in [0.3, 0.4) is 0 Å². The topological polar surface area (TPSA) is 28.2 Å². The molecule has 3 nitrogen and oxygen atoms in total. The van der Waals surface area contributed by atoms with Gasteiger partial charge in [0.15, 0.2) is 5.13 Å². The second-order valence-electron chi connectivity index (χ2n) is 6.22. The standard InChI is InChI=1S/C15H22BrN3S2/c1-10-12(7-17-15(2,3)4)21-14(18-10)19(5)8-11-6-13(16)20-9-11/h6,9,17H,7-8H2,1-5H3. The van der Waals surface area contributed by atoms with Crippen molar-refractivity contribution in [2.75, 3.05) is 11.9 Å². The average Bonchev–Trinajstić information content (AvgIpc) is 2.92. The van der Waals surface area contributed by atoms with Crippen molar-refractivity contribution in [3.63, 3.8) is 0 Å². The zero-order chi connectivity index (χ0) is 15.6. The highest BCUT2D eigenvalue weighted by Gasteiger charge is 2.15. The zero-order valence-corrected chi connectivity index (χ0v) is 16.4. The molecule has 0 bridgehead atoms. The number of thiophene rings is 1. The van der Waals surface area contributed by atoms with Crippen LogP contribution >= 0.6 is 38.6 Å². The lowest BCUT2D eigenvalue weighted by Crippen LogP contribution is -2.34. The minimum atomic E-state index is 0.130. The molecule has 2 rings (SSSR count). The van der Waals surface area contributed by atoms with E-state index in [-0.39, 0.29) is 5.54 Å². The number of nitrogens with one attached hydrogen (secondary N) is 1. The Kier molecular flexibility index (Phi) is 5.46. The van der Waals surface area contributed by atoms with Crippen LogP contribution in [-0.2, 0) is 13.1 Å². The van der Waals surface area contributed by atoms with Gasteiger partial charge in [-0.15, -0.1) is 22.7 Å². The van der Waals surface area contributed by atoms with Crippen LogP contribution in [0, 0.1) is 6.92 Å². The highest BCUT2D eigenvalue weighted by atomic mass is 79.9. The molecular weight excluding hydrogens is 366 g/mol. The Morgan fingerprint density at radius 1 is 1.38 bits per heavy atom. The quantitative estimate of drug-likeness (QED) is 0.798. The molecule has 6 heteroatoms. The largest absolute Gasteiger partial charge is 0.347 e. The van der Waals surface area contributed by atoms with Gasteiger partial charge in [0.25, 0.3) is 0 Å². The maximum atomic E-state index is 4.71. The Morgan fingerprint density at radius 3 is 2.67 bits per heavy atom. The molecule has 2 heterocycles. The molecule has 0 saturated carbocycles. The minimum Gasteiger partial charge on any atom is -0.347 e. The molecule has 0 saturated heterocycles. The van der Waals surface area contributed by atoms with E-state index in [1.165, 1.54) is 14.2 Å². The summed E-state index contributed by atoms with van der Waals surface area (Å²) in [5.74, 6) is 0. The van der Waals surface area contributed by atoms with Gasteiger partial charge in [-0.1, -0.05) is 0 Å². The van der Waals surface area contributed by atoms with Crippen LogP contribution < -0.4 is 10.2 Å². The predicted molar refractivity (Wildman–Crippen MR) is 97.6 cm³/mol. The molecule has 0 aliphatic carbocycles. The van der Waals surface area contributed by atoms with E-state index in [4.69, 9.17) is 4.98 Å². The normalized spacial score (nSPS) is 11.9. The molecule has 0 atom stereocenters. The first kappa shape index (κ1) is 16.9. The number of aryl methyl sites for hydroxylation is 1. The Hall–Kier alpha value is -0.430. The van der Waals surface area contributed by atoms with Gasteiger partial charge in [-0.05, 0) is 60.6 Å². The van der Waals surface area contributed by atoms with Crippen molar-refractivity contribution in [1.29, 1.82) is 0 Å². The van der Waals surface area contributed by atoms with Crippen molar-refractivity contribution >= 4 is 43.7 Å². The monoisotopic (exact) mass is 387 g/mol. The van der Waals surface area contributed by atoms with Crippen LogP contribution in [0.5, 0.6) is 0 Å². The number of hydrogen-bond donors (Lipinski definition) is 1. The van der Waals surface area contributed by atoms with Crippen molar-refractivity contribution in [3.8, 4) is 0 Å². The third-order valence-corrected chi connectivity index (χ3v) is 5.85. The van der Waals surface area contributed by atoms with Crippen molar-refractivity contribution in [2.24, 2.45) is 0 Å². The molecule has 0 aliphatic rings. The molecule has 0 unspecified atom stereocenters. The van der Waals surface area contributed by atoms with Gasteiger partial charge in [0.1, 0.15) is 0 Å². The number of hydrogen-bond acceptors (Lipinski definition) is 5. The Balaban J connectivity index is 2.03. The predicted octanol–water partition coefficient (Wildman–Crippen LogP) is 4.80. The average molecular weight is 388 g/mol. The number of halogens is 1. The smallest absolute Gasteiger partial charge is 0.185 e. The van der Waals surface area contributed by atoms with Gasteiger partial charge in [0, 0.05) is 30.6 Å². The first-order valence-electron chi connectivity index (χ1n) is 6.90. The number of anilines is 1. The summed E-state index contributed by atoms with van der Waals surface area (Å²) in [6.07, 6.45) is 0. The van der Waals surface area contributed by atoms with E-state index in [2.05, 4.69) is 72.3 Å². The number of rotatable bonds is 5. The highest BCUT2D eigenvalue weighted by molar-refractivity contribution is 9.11. The van der Waals surface area contributed by atoms with Gasteiger partial charge >= 0.3 is 0 Å². The lowest BCUT2D eigenvalue weighted by molar-refractivity contribution is 0.425. The van der Waals surface area contributed by atoms with Crippen LogP contribution in [0.15, 0.2) is 15.2 Å². The fourth-order valence-corrected chi connectivity index (χ4v) is 4.02. The van der Waals surface area contributed by atoms with Crippen LogP contribution in [0.2, 0.25) is 0 Å². The molecule has 2 aromatic heterocycles. The van der Waals surface area contributed by atoms with Crippen molar-refractivity contribution in [3.05, 3.63) is 31.4 Å². The summed E-state index contributed by atoms with van der Waals surface area (Å²) >= 11 is 7.01. The summed E-state index contributed by atoms with van der Waals surface area (Å²) in [6, 6.07) is 2.17. The van der Waals surface area contributed by atoms with Crippen LogP contribution in [0.1, 0.15) is 36.9 Å². The number of aromatic nitrogens is 1. The van der Waals surface area contributed by atoms with E-state index in [9.17, 15) is 0 Å². The molecule has 0 spiro atoms. The van der Waals surface area contributed by atoms with E-state index in [0.29, 0.717) is 0 Å². The van der Waals surface area contributed by atoms with Gasteiger partial charge in [-0.2, -0.15) is 0 Å². The molecule has 0 radical (unpaired) electrons. The number of thiazole rings is 1. The van der Waals surface area contributed by atoms with Crippen molar-refractivity contribution < 1.29 is 0 Å². The highest BCUT2D eigenvalue weighted by Crippen LogP contribution is 2.28. The number of nitrogens with zero attached hydrogens (tertiary/aromatic N) is 2. The molecule has 1 N–H and O–H groups in total. The molecule has 0 fully saturated rings. The molecule has 2 aromatic rings. The molecule has 21 heavy (non-hydrogen) atoms. The Bertz CT molecular complexity index is 598. The van der Waals surface area contributed by atoms with Gasteiger partial charge < -0.3 is 10.2 Å². The van der Waals surface area contributed by atoms with Gasteiger partial charge in [0.05, 0.1) is 9.48 Å². The fourth-order valence-electron chi connectivity index (χ4n) is 1.86. The first-order chi connectivity index (χ1) is 9.74. The Labute approximate surface area is 143 Å². The van der Waals surface area contributed by atoms with Gasteiger partial charge in [0.2, 0.25) is 0 Å². The minimum absolute atomic E-state index is 0.130.